The van der Waals surface area contributed by atoms with Crippen LogP contribution in [-0.2, 0) is 0 Å². The second-order valence-corrected chi connectivity index (χ2v) is 7.64. The molecular formula is C14H9Br2FN2OS. The largest absolute Gasteiger partial charge is 0.322 e. The molecule has 2 rings (SSSR count). The fourth-order valence-electron chi connectivity index (χ4n) is 1.54. The topological polar surface area (TPSA) is 55.1 Å². The van der Waals surface area contributed by atoms with Gasteiger partial charge in [0.15, 0.2) is 0 Å². The maximum absolute atomic E-state index is 13.6. The second kappa shape index (κ2) is 7.18. The van der Waals surface area contributed by atoms with Crippen molar-refractivity contribution in [3.63, 3.8) is 0 Å². The second-order valence-electron chi connectivity index (χ2n) is 3.89. The summed E-state index contributed by atoms with van der Waals surface area (Å²) in [5.74, 6) is 4.47. The number of halogens is 3. The number of nitrogens with one attached hydrogen (secondary N) is 1. The molecule has 0 radical (unpaired) electrons. The Labute approximate surface area is 142 Å². The number of anilines is 1. The van der Waals surface area contributed by atoms with Crippen molar-refractivity contribution in [3.8, 4) is 11.8 Å². The first-order chi connectivity index (χ1) is 10.0. The van der Waals surface area contributed by atoms with Gasteiger partial charge in [0, 0.05) is 5.69 Å². The van der Waals surface area contributed by atoms with Crippen LogP contribution in [0.1, 0.15) is 15.9 Å². The van der Waals surface area contributed by atoms with E-state index < -0.39 is 5.82 Å². The number of carbonyl (C=O) groups excluding carboxylic acids is 1. The van der Waals surface area contributed by atoms with Gasteiger partial charge in [-0.3, -0.25) is 4.79 Å². The molecule has 1 amide bonds. The summed E-state index contributed by atoms with van der Waals surface area (Å²) in [6.45, 7) is 0.145. The fourth-order valence-corrected chi connectivity index (χ4v) is 4.33. The van der Waals surface area contributed by atoms with E-state index in [-0.39, 0.29) is 18.0 Å². The summed E-state index contributed by atoms with van der Waals surface area (Å²) >= 11 is 8.04. The molecule has 0 aliphatic carbocycles. The van der Waals surface area contributed by atoms with Crippen molar-refractivity contribution >= 4 is 54.8 Å². The number of hydrogen-bond acceptors (Lipinski definition) is 3. The average Bonchev–Trinajstić information content (AvgIpc) is 2.78. The van der Waals surface area contributed by atoms with Crippen LogP contribution in [0.5, 0.6) is 0 Å². The van der Waals surface area contributed by atoms with Gasteiger partial charge in [0.25, 0.3) is 5.91 Å². The molecule has 3 nitrogen and oxygen atoms in total. The number of thiophene rings is 1. The van der Waals surface area contributed by atoms with Crippen LogP contribution in [0.25, 0.3) is 0 Å². The highest BCUT2D eigenvalue weighted by Gasteiger charge is 2.14. The summed E-state index contributed by atoms with van der Waals surface area (Å²) in [5, 5.41) is 2.71. The number of hydrogen-bond donors (Lipinski definition) is 2. The van der Waals surface area contributed by atoms with Gasteiger partial charge in [0.1, 0.15) is 5.82 Å². The molecule has 1 aromatic carbocycles. The lowest BCUT2D eigenvalue weighted by molar-refractivity contribution is 0.102. The summed E-state index contributed by atoms with van der Waals surface area (Å²) in [6.07, 6.45) is 0. The standard InChI is InChI=1S/C14H9Br2FN2OS/c15-12-7-10(13(16)21-12)14(20)19-9-3-4-11(17)8(6-9)2-1-5-18/h3-4,6-7H,5,18H2,(H,19,20). The lowest BCUT2D eigenvalue weighted by atomic mass is 10.2. The van der Waals surface area contributed by atoms with Gasteiger partial charge in [-0.25, -0.2) is 4.39 Å². The van der Waals surface area contributed by atoms with Crippen LogP contribution in [0.2, 0.25) is 0 Å². The van der Waals surface area contributed by atoms with E-state index in [9.17, 15) is 9.18 Å². The Morgan fingerprint density at radius 1 is 1.38 bits per heavy atom. The Hall–Kier alpha value is -1.20. The summed E-state index contributed by atoms with van der Waals surface area (Å²) in [6, 6.07) is 5.93. The molecule has 108 valence electrons. The zero-order valence-corrected chi connectivity index (χ0v) is 14.5. The minimum atomic E-state index is -0.451. The first-order valence-electron chi connectivity index (χ1n) is 5.76. The summed E-state index contributed by atoms with van der Waals surface area (Å²) in [4.78, 5) is 12.2. The van der Waals surface area contributed by atoms with Gasteiger partial charge in [-0.15, -0.1) is 11.3 Å². The number of nitrogens with two attached hydrogens (primary N) is 1. The minimum Gasteiger partial charge on any atom is -0.322 e. The van der Waals surface area contributed by atoms with Crippen LogP contribution in [0.15, 0.2) is 31.8 Å². The van der Waals surface area contributed by atoms with E-state index in [1.165, 1.54) is 29.5 Å². The molecule has 0 unspecified atom stereocenters. The molecule has 7 heteroatoms. The molecule has 3 N–H and O–H groups in total. The molecule has 0 bridgehead atoms. The van der Waals surface area contributed by atoms with E-state index >= 15 is 0 Å². The summed E-state index contributed by atoms with van der Waals surface area (Å²) in [7, 11) is 0. The molecule has 0 spiro atoms. The molecular weight excluding hydrogens is 423 g/mol. The Morgan fingerprint density at radius 2 is 2.14 bits per heavy atom. The molecule has 2 aromatic rings. The predicted molar refractivity (Wildman–Crippen MR) is 90.0 cm³/mol. The van der Waals surface area contributed by atoms with Crippen molar-refractivity contribution in [3.05, 3.63) is 48.8 Å². The van der Waals surface area contributed by atoms with Gasteiger partial charge in [-0.1, -0.05) is 11.8 Å². The number of carbonyl (C=O) groups is 1. The Balaban J connectivity index is 2.23. The van der Waals surface area contributed by atoms with Crippen LogP contribution in [-0.4, -0.2) is 12.5 Å². The van der Waals surface area contributed by atoms with Crippen molar-refractivity contribution in [1.29, 1.82) is 0 Å². The first kappa shape index (κ1) is 16.2. The van der Waals surface area contributed by atoms with Gasteiger partial charge in [-0.2, -0.15) is 0 Å². The van der Waals surface area contributed by atoms with E-state index in [1.807, 2.05) is 0 Å². The van der Waals surface area contributed by atoms with E-state index in [4.69, 9.17) is 5.73 Å². The predicted octanol–water partition coefficient (Wildman–Crippen LogP) is 3.97. The Kier molecular flexibility index (Phi) is 5.53. The van der Waals surface area contributed by atoms with Crippen LogP contribution >= 0.6 is 43.2 Å². The van der Waals surface area contributed by atoms with Gasteiger partial charge in [0.05, 0.1) is 25.2 Å². The smallest absolute Gasteiger partial charge is 0.257 e. The number of benzene rings is 1. The van der Waals surface area contributed by atoms with Crippen molar-refractivity contribution in [2.24, 2.45) is 5.73 Å². The Morgan fingerprint density at radius 3 is 2.76 bits per heavy atom. The van der Waals surface area contributed by atoms with Crippen LogP contribution < -0.4 is 11.1 Å². The third kappa shape index (κ3) is 4.14. The zero-order chi connectivity index (χ0) is 15.4. The molecule has 0 saturated heterocycles. The molecule has 0 fully saturated rings. The minimum absolute atomic E-state index is 0.145. The third-order valence-corrected chi connectivity index (χ3v) is 4.79. The highest BCUT2D eigenvalue weighted by Crippen LogP contribution is 2.32. The maximum Gasteiger partial charge on any atom is 0.257 e. The summed E-state index contributed by atoms with van der Waals surface area (Å²) in [5.41, 5.74) is 6.44. The third-order valence-electron chi connectivity index (χ3n) is 2.45. The number of amides is 1. The molecule has 0 saturated carbocycles. The van der Waals surface area contributed by atoms with Crippen molar-refractivity contribution in [1.82, 2.24) is 0 Å². The quantitative estimate of drug-likeness (QED) is 0.706. The highest BCUT2D eigenvalue weighted by molar-refractivity contribution is 9.12. The van der Waals surface area contributed by atoms with Crippen molar-refractivity contribution in [2.45, 2.75) is 0 Å². The van der Waals surface area contributed by atoms with Gasteiger partial charge < -0.3 is 11.1 Å². The van der Waals surface area contributed by atoms with Gasteiger partial charge in [0.2, 0.25) is 0 Å². The molecule has 0 aliphatic heterocycles. The molecule has 0 atom stereocenters. The van der Waals surface area contributed by atoms with E-state index in [0.717, 1.165) is 7.57 Å². The lowest BCUT2D eigenvalue weighted by Crippen LogP contribution is -2.11. The van der Waals surface area contributed by atoms with E-state index in [2.05, 4.69) is 49.0 Å². The SMILES string of the molecule is NCC#Cc1cc(NC(=O)c2cc(Br)sc2Br)ccc1F. The van der Waals surface area contributed by atoms with Crippen LogP contribution in [0.3, 0.4) is 0 Å². The normalized spacial score (nSPS) is 9.90. The van der Waals surface area contributed by atoms with Crippen LogP contribution in [0.4, 0.5) is 10.1 Å². The molecule has 0 aliphatic rings. The average molecular weight is 432 g/mol. The number of rotatable bonds is 2. The van der Waals surface area contributed by atoms with Crippen molar-refractivity contribution in [2.75, 3.05) is 11.9 Å². The maximum atomic E-state index is 13.6. The monoisotopic (exact) mass is 430 g/mol. The zero-order valence-electron chi connectivity index (χ0n) is 10.5. The van der Waals surface area contributed by atoms with E-state index in [1.54, 1.807) is 6.07 Å². The highest BCUT2D eigenvalue weighted by atomic mass is 79.9. The van der Waals surface area contributed by atoms with E-state index in [0.29, 0.717) is 11.3 Å². The molecule has 1 heterocycles. The Bertz CT molecular complexity index is 749. The van der Waals surface area contributed by atoms with Gasteiger partial charge >= 0.3 is 0 Å². The molecule has 1 aromatic heterocycles. The first-order valence-corrected chi connectivity index (χ1v) is 8.16. The summed E-state index contributed by atoms with van der Waals surface area (Å²) < 4.78 is 15.1. The lowest BCUT2D eigenvalue weighted by Gasteiger charge is -2.05. The van der Waals surface area contributed by atoms with Gasteiger partial charge in [-0.05, 0) is 56.1 Å². The van der Waals surface area contributed by atoms with Crippen molar-refractivity contribution < 1.29 is 9.18 Å². The fraction of sp³-hybridized carbons (Fsp3) is 0.0714. The molecule has 21 heavy (non-hydrogen) atoms. The van der Waals surface area contributed by atoms with Crippen LogP contribution in [0, 0.1) is 17.7 Å².